The molecule has 1 aromatic heterocycles. The topological polar surface area (TPSA) is 43.8 Å². The molecule has 3 nitrogen and oxygen atoms in total. The van der Waals surface area contributed by atoms with Gasteiger partial charge in [0, 0.05) is 12.6 Å². The van der Waals surface area contributed by atoms with Gasteiger partial charge in [-0.25, -0.2) is 0 Å². The highest BCUT2D eigenvalue weighted by Crippen LogP contribution is 2.12. The molecule has 0 spiro atoms. The van der Waals surface area contributed by atoms with Gasteiger partial charge in [-0.1, -0.05) is 13.8 Å². The molecule has 0 unspecified atom stereocenters. The van der Waals surface area contributed by atoms with Gasteiger partial charge in [0.1, 0.15) is 0 Å². The number of hydrogen-bond acceptors (Lipinski definition) is 2. The first-order valence-electron chi connectivity index (χ1n) is 5.01. The van der Waals surface area contributed by atoms with Crippen molar-refractivity contribution < 1.29 is 0 Å². The van der Waals surface area contributed by atoms with Gasteiger partial charge in [-0.2, -0.15) is 5.10 Å². The number of nitrogens with two attached hydrogens (primary N) is 1. The Morgan fingerprint density at radius 1 is 1.54 bits per heavy atom. The average Bonchev–Trinajstić information content (AvgIpc) is 2.48. The summed E-state index contributed by atoms with van der Waals surface area (Å²) in [7, 11) is 0. The van der Waals surface area contributed by atoms with Gasteiger partial charge in [-0.15, -0.1) is 0 Å². The molecule has 0 aliphatic heterocycles. The number of rotatable bonds is 4. The van der Waals surface area contributed by atoms with Crippen molar-refractivity contribution in [2.45, 2.75) is 46.2 Å². The van der Waals surface area contributed by atoms with Crippen LogP contribution < -0.4 is 5.73 Å². The molecule has 1 aromatic rings. The van der Waals surface area contributed by atoms with Gasteiger partial charge in [0.25, 0.3) is 0 Å². The fourth-order valence-electron chi connectivity index (χ4n) is 1.42. The van der Waals surface area contributed by atoms with E-state index in [9.17, 15) is 0 Å². The summed E-state index contributed by atoms with van der Waals surface area (Å²) >= 11 is 0. The Balaban J connectivity index is 2.93. The van der Waals surface area contributed by atoms with Crippen molar-refractivity contribution in [1.29, 1.82) is 0 Å². The highest BCUT2D eigenvalue weighted by Gasteiger charge is 2.09. The van der Waals surface area contributed by atoms with Crippen LogP contribution in [0.2, 0.25) is 0 Å². The smallest absolute Gasteiger partial charge is 0.0625 e. The first kappa shape index (κ1) is 10.3. The van der Waals surface area contributed by atoms with Gasteiger partial charge in [0.15, 0.2) is 0 Å². The summed E-state index contributed by atoms with van der Waals surface area (Å²) in [6, 6.07) is 2.19. The standard InChI is InChI=1S/C10H19N3/c1-4-6-13-10(8(3)11)7-9(5-2)12-13/h7-8H,4-6,11H2,1-3H3/t8-/m1/s1. The number of aromatic nitrogens is 2. The molecule has 0 aromatic carbocycles. The Labute approximate surface area is 79.9 Å². The van der Waals surface area contributed by atoms with Crippen molar-refractivity contribution in [3.63, 3.8) is 0 Å². The molecule has 0 saturated heterocycles. The van der Waals surface area contributed by atoms with Crippen molar-refractivity contribution in [3.05, 3.63) is 17.5 Å². The van der Waals surface area contributed by atoms with E-state index in [0.717, 1.165) is 30.8 Å². The third kappa shape index (κ3) is 2.31. The van der Waals surface area contributed by atoms with Crippen LogP contribution in [0.3, 0.4) is 0 Å². The minimum absolute atomic E-state index is 0.0827. The summed E-state index contributed by atoms with van der Waals surface area (Å²) in [5, 5.41) is 4.48. The second kappa shape index (κ2) is 4.42. The molecule has 0 amide bonds. The minimum atomic E-state index is 0.0827. The zero-order valence-corrected chi connectivity index (χ0v) is 8.75. The predicted molar refractivity (Wildman–Crippen MR) is 54.5 cm³/mol. The largest absolute Gasteiger partial charge is 0.323 e. The van der Waals surface area contributed by atoms with Gasteiger partial charge in [0.2, 0.25) is 0 Å². The second-order valence-corrected chi connectivity index (χ2v) is 3.43. The third-order valence-electron chi connectivity index (χ3n) is 2.13. The number of nitrogens with zero attached hydrogens (tertiary/aromatic N) is 2. The van der Waals surface area contributed by atoms with E-state index in [-0.39, 0.29) is 6.04 Å². The molecule has 0 aliphatic rings. The minimum Gasteiger partial charge on any atom is -0.323 e. The monoisotopic (exact) mass is 181 g/mol. The lowest BCUT2D eigenvalue weighted by molar-refractivity contribution is 0.548. The number of hydrogen-bond donors (Lipinski definition) is 1. The van der Waals surface area contributed by atoms with Crippen LogP contribution in [-0.2, 0) is 13.0 Å². The van der Waals surface area contributed by atoms with E-state index in [0.29, 0.717) is 0 Å². The van der Waals surface area contributed by atoms with Crippen LogP contribution in [0.5, 0.6) is 0 Å². The molecule has 0 saturated carbocycles. The van der Waals surface area contributed by atoms with E-state index in [1.165, 1.54) is 0 Å². The van der Waals surface area contributed by atoms with E-state index in [2.05, 4.69) is 25.0 Å². The Morgan fingerprint density at radius 3 is 2.69 bits per heavy atom. The molecule has 0 bridgehead atoms. The summed E-state index contributed by atoms with van der Waals surface area (Å²) in [5.74, 6) is 0. The lowest BCUT2D eigenvalue weighted by Crippen LogP contribution is -2.13. The van der Waals surface area contributed by atoms with Gasteiger partial charge in [-0.05, 0) is 25.8 Å². The fraction of sp³-hybridized carbons (Fsp3) is 0.700. The molecule has 0 radical (unpaired) electrons. The van der Waals surface area contributed by atoms with Crippen molar-refractivity contribution >= 4 is 0 Å². The van der Waals surface area contributed by atoms with Crippen LogP contribution in [0.15, 0.2) is 6.07 Å². The van der Waals surface area contributed by atoms with Crippen molar-refractivity contribution in [2.24, 2.45) is 5.73 Å². The molecule has 3 heteroatoms. The van der Waals surface area contributed by atoms with Gasteiger partial charge in [0.05, 0.1) is 11.4 Å². The summed E-state index contributed by atoms with van der Waals surface area (Å²) in [6.45, 7) is 7.24. The Kier molecular flexibility index (Phi) is 3.48. The molecule has 74 valence electrons. The van der Waals surface area contributed by atoms with E-state index >= 15 is 0 Å². The Hall–Kier alpha value is -0.830. The quantitative estimate of drug-likeness (QED) is 0.770. The first-order chi connectivity index (χ1) is 6.19. The van der Waals surface area contributed by atoms with Crippen LogP contribution in [0.4, 0.5) is 0 Å². The van der Waals surface area contributed by atoms with Gasteiger partial charge in [-0.3, -0.25) is 4.68 Å². The average molecular weight is 181 g/mol. The van der Waals surface area contributed by atoms with Crippen LogP contribution in [0, 0.1) is 0 Å². The maximum Gasteiger partial charge on any atom is 0.0625 e. The van der Waals surface area contributed by atoms with E-state index in [4.69, 9.17) is 5.73 Å². The third-order valence-corrected chi connectivity index (χ3v) is 2.13. The summed E-state index contributed by atoms with van der Waals surface area (Å²) in [4.78, 5) is 0. The zero-order chi connectivity index (χ0) is 9.84. The predicted octanol–water partition coefficient (Wildman–Crippen LogP) is 1.88. The second-order valence-electron chi connectivity index (χ2n) is 3.43. The molecule has 1 atom stereocenters. The molecule has 1 heterocycles. The van der Waals surface area contributed by atoms with Crippen molar-refractivity contribution in [2.75, 3.05) is 0 Å². The molecular formula is C10H19N3. The van der Waals surface area contributed by atoms with E-state index in [1.807, 2.05) is 11.6 Å². The molecule has 1 rings (SSSR count). The zero-order valence-electron chi connectivity index (χ0n) is 8.75. The lowest BCUT2D eigenvalue weighted by Gasteiger charge is -2.07. The maximum atomic E-state index is 5.85. The van der Waals surface area contributed by atoms with Gasteiger partial charge >= 0.3 is 0 Å². The van der Waals surface area contributed by atoms with Crippen LogP contribution in [0.1, 0.15) is 44.6 Å². The van der Waals surface area contributed by atoms with Crippen LogP contribution in [0.25, 0.3) is 0 Å². The first-order valence-corrected chi connectivity index (χ1v) is 5.01. The molecule has 0 fully saturated rings. The van der Waals surface area contributed by atoms with Crippen molar-refractivity contribution in [3.8, 4) is 0 Å². The highest BCUT2D eigenvalue weighted by molar-refractivity contribution is 5.13. The summed E-state index contributed by atoms with van der Waals surface area (Å²) in [5.41, 5.74) is 8.14. The Bertz CT molecular complexity index is 263. The van der Waals surface area contributed by atoms with Crippen LogP contribution in [-0.4, -0.2) is 9.78 Å². The Morgan fingerprint density at radius 2 is 2.23 bits per heavy atom. The number of aryl methyl sites for hydroxylation is 2. The van der Waals surface area contributed by atoms with E-state index < -0.39 is 0 Å². The highest BCUT2D eigenvalue weighted by atomic mass is 15.3. The normalized spacial score (nSPS) is 13.2. The lowest BCUT2D eigenvalue weighted by atomic mass is 10.2. The summed E-state index contributed by atoms with van der Waals surface area (Å²) < 4.78 is 2.03. The molecule has 2 N–H and O–H groups in total. The van der Waals surface area contributed by atoms with Crippen molar-refractivity contribution in [1.82, 2.24) is 9.78 Å². The summed E-state index contributed by atoms with van der Waals surface area (Å²) in [6.07, 6.45) is 2.08. The van der Waals surface area contributed by atoms with Gasteiger partial charge < -0.3 is 5.73 Å². The molecule has 13 heavy (non-hydrogen) atoms. The molecular weight excluding hydrogens is 162 g/mol. The van der Waals surface area contributed by atoms with Crippen LogP contribution >= 0.6 is 0 Å². The maximum absolute atomic E-state index is 5.85. The SMILES string of the molecule is CCCn1nc(CC)cc1[C@@H](C)N. The van der Waals surface area contributed by atoms with E-state index in [1.54, 1.807) is 0 Å². The molecule has 0 aliphatic carbocycles. The fourth-order valence-corrected chi connectivity index (χ4v) is 1.42.